The molecule has 8 nitrogen and oxygen atoms in total. The molecule has 1 saturated heterocycles. The van der Waals surface area contributed by atoms with Crippen LogP contribution in [0.15, 0.2) is 39.8 Å². The Balaban J connectivity index is 1.67. The van der Waals surface area contributed by atoms with E-state index in [0.29, 0.717) is 31.3 Å². The second-order valence-corrected chi connectivity index (χ2v) is 7.93. The van der Waals surface area contributed by atoms with Gasteiger partial charge in [-0.15, -0.1) is 0 Å². The monoisotopic (exact) mass is 365 g/mol. The van der Waals surface area contributed by atoms with Crippen molar-refractivity contribution in [2.45, 2.75) is 17.9 Å². The molecule has 25 heavy (non-hydrogen) atoms. The predicted octanol–water partition coefficient (Wildman–Crippen LogP) is 1.99. The third kappa shape index (κ3) is 4.18. The van der Waals surface area contributed by atoms with Gasteiger partial charge in [0.05, 0.1) is 23.7 Å². The number of carbonyl (C=O) groups is 1. The fraction of sp³-hybridized carbons (Fsp3) is 0.375. The third-order valence-corrected chi connectivity index (χ3v) is 5.02. The molecular weight excluding hydrogens is 346 g/mol. The molecule has 1 aliphatic rings. The first-order chi connectivity index (χ1) is 11.8. The number of nitrogens with zero attached hydrogens (tertiary/aromatic N) is 2. The molecule has 1 aromatic carbocycles. The number of nitrogens with one attached hydrogen (secondary N) is 1. The number of morpholine rings is 1. The van der Waals surface area contributed by atoms with E-state index in [-0.39, 0.29) is 17.0 Å². The van der Waals surface area contributed by atoms with E-state index in [1.807, 2.05) is 0 Å². The zero-order valence-corrected chi connectivity index (χ0v) is 14.7. The van der Waals surface area contributed by atoms with Gasteiger partial charge in [-0.3, -0.25) is 5.32 Å². The van der Waals surface area contributed by atoms with Crippen LogP contribution in [0.4, 0.5) is 10.7 Å². The zero-order valence-electron chi connectivity index (χ0n) is 13.9. The molecule has 0 radical (unpaired) electrons. The maximum Gasteiger partial charge on any atom is 0.324 e. The van der Waals surface area contributed by atoms with Crippen LogP contribution in [-0.4, -0.2) is 50.5 Å². The predicted molar refractivity (Wildman–Crippen MR) is 90.1 cm³/mol. The molecular formula is C16H19N3O5S. The van der Waals surface area contributed by atoms with E-state index in [0.717, 1.165) is 11.8 Å². The molecule has 2 aromatic rings. The van der Waals surface area contributed by atoms with Crippen molar-refractivity contribution < 1.29 is 22.5 Å². The first-order valence-electron chi connectivity index (χ1n) is 7.74. The number of ether oxygens (including phenoxy) is 1. The minimum Gasteiger partial charge on any atom is -0.370 e. The number of benzene rings is 1. The molecule has 1 atom stereocenters. The number of hydrogen-bond donors (Lipinski definition) is 1. The molecule has 3 rings (SSSR count). The average Bonchev–Trinajstić information content (AvgIpc) is 2.99. The number of amides is 2. The molecule has 1 fully saturated rings. The number of aromatic nitrogens is 1. The molecule has 1 N–H and O–H groups in total. The van der Waals surface area contributed by atoms with Gasteiger partial charge >= 0.3 is 6.03 Å². The van der Waals surface area contributed by atoms with Crippen LogP contribution in [0.3, 0.4) is 0 Å². The van der Waals surface area contributed by atoms with Crippen molar-refractivity contribution in [2.24, 2.45) is 0 Å². The van der Waals surface area contributed by atoms with E-state index < -0.39 is 9.84 Å². The molecule has 2 heterocycles. The fourth-order valence-corrected chi connectivity index (χ4v) is 3.20. The first kappa shape index (κ1) is 17.4. The highest BCUT2D eigenvalue weighted by Crippen LogP contribution is 2.24. The van der Waals surface area contributed by atoms with Crippen molar-refractivity contribution in [3.63, 3.8) is 0 Å². The lowest BCUT2D eigenvalue weighted by atomic mass is 10.1. The summed E-state index contributed by atoms with van der Waals surface area (Å²) in [7, 11) is -3.24. The summed E-state index contributed by atoms with van der Waals surface area (Å²) in [5.74, 6) is 0.294. The SMILES string of the molecule is Cc1cc(NC(=O)N2CCOC(c3ccc(S(C)(=O)=O)cc3)C2)on1. The molecule has 9 heteroatoms. The Morgan fingerprint density at radius 2 is 2.04 bits per heavy atom. The van der Waals surface area contributed by atoms with Crippen molar-refractivity contribution in [3.8, 4) is 0 Å². The van der Waals surface area contributed by atoms with Gasteiger partial charge in [0.1, 0.15) is 6.10 Å². The van der Waals surface area contributed by atoms with Crippen LogP contribution >= 0.6 is 0 Å². The van der Waals surface area contributed by atoms with Crippen molar-refractivity contribution in [3.05, 3.63) is 41.6 Å². The number of urea groups is 1. The van der Waals surface area contributed by atoms with Crippen molar-refractivity contribution in [2.75, 3.05) is 31.3 Å². The second-order valence-electron chi connectivity index (χ2n) is 5.91. The minimum atomic E-state index is -3.24. The lowest BCUT2D eigenvalue weighted by Gasteiger charge is -2.32. The van der Waals surface area contributed by atoms with E-state index >= 15 is 0 Å². The Labute approximate surface area is 145 Å². The minimum absolute atomic E-state index is 0.252. The molecule has 134 valence electrons. The van der Waals surface area contributed by atoms with Crippen molar-refractivity contribution in [1.29, 1.82) is 0 Å². The van der Waals surface area contributed by atoms with E-state index in [4.69, 9.17) is 9.26 Å². The Hall–Kier alpha value is -2.39. The van der Waals surface area contributed by atoms with Gasteiger partial charge < -0.3 is 14.2 Å². The molecule has 0 bridgehead atoms. The van der Waals surface area contributed by atoms with Crippen molar-refractivity contribution >= 4 is 21.8 Å². The quantitative estimate of drug-likeness (QED) is 0.892. The second kappa shape index (κ2) is 6.85. The highest BCUT2D eigenvalue weighted by atomic mass is 32.2. The maximum atomic E-state index is 12.3. The zero-order chi connectivity index (χ0) is 18.0. The van der Waals surface area contributed by atoms with Gasteiger partial charge in [-0.2, -0.15) is 0 Å². The number of rotatable bonds is 3. The Kier molecular flexibility index (Phi) is 4.78. The highest BCUT2D eigenvalue weighted by molar-refractivity contribution is 7.90. The molecule has 1 unspecified atom stereocenters. The summed E-state index contributed by atoms with van der Waals surface area (Å²) in [6.45, 7) is 2.97. The summed E-state index contributed by atoms with van der Waals surface area (Å²) in [6, 6.07) is 7.86. The Bertz CT molecular complexity index is 860. The van der Waals surface area contributed by atoms with Crippen LogP contribution in [0.25, 0.3) is 0 Å². The summed E-state index contributed by atoms with van der Waals surface area (Å²) >= 11 is 0. The van der Waals surface area contributed by atoms with Gasteiger partial charge in [-0.1, -0.05) is 17.3 Å². The number of sulfone groups is 1. The van der Waals surface area contributed by atoms with Crippen molar-refractivity contribution in [1.82, 2.24) is 10.1 Å². The van der Waals surface area contributed by atoms with Gasteiger partial charge in [0.15, 0.2) is 9.84 Å². The van der Waals surface area contributed by atoms with E-state index in [1.165, 1.54) is 0 Å². The summed E-state index contributed by atoms with van der Waals surface area (Å²) in [5, 5.41) is 6.38. The van der Waals surface area contributed by atoms with Crippen LogP contribution in [-0.2, 0) is 14.6 Å². The lowest BCUT2D eigenvalue weighted by molar-refractivity contribution is -0.0135. The highest BCUT2D eigenvalue weighted by Gasteiger charge is 2.26. The van der Waals surface area contributed by atoms with Crippen LogP contribution in [0.1, 0.15) is 17.4 Å². The number of hydrogen-bond acceptors (Lipinski definition) is 6. The molecule has 0 aliphatic carbocycles. The topological polar surface area (TPSA) is 102 Å². The Morgan fingerprint density at radius 1 is 1.32 bits per heavy atom. The third-order valence-electron chi connectivity index (χ3n) is 3.89. The smallest absolute Gasteiger partial charge is 0.324 e. The largest absolute Gasteiger partial charge is 0.370 e. The number of aryl methyl sites for hydroxylation is 1. The van der Waals surface area contributed by atoms with Gasteiger partial charge in [0, 0.05) is 18.9 Å². The van der Waals surface area contributed by atoms with Gasteiger partial charge in [0.25, 0.3) is 0 Å². The first-order valence-corrected chi connectivity index (χ1v) is 9.63. The standard InChI is InChI=1S/C16H19N3O5S/c1-11-9-15(24-18-11)17-16(20)19-7-8-23-14(10-19)12-3-5-13(6-4-12)25(2,21)22/h3-6,9,14H,7-8,10H2,1-2H3,(H,17,20). The summed E-state index contributed by atoms with van der Waals surface area (Å²) in [4.78, 5) is 14.2. The summed E-state index contributed by atoms with van der Waals surface area (Å²) < 4.78 is 33.8. The number of anilines is 1. The van der Waals surface area contributed by atoms with Gasteiger partial charge in [0.2, 0.25) is 5.88 Å². The molecule has 1 aromatic heterocycles. The van der Waals surface area contributed by atoms with Gasteiger partial charge in [-0.25, -0.2) is 13.2 Å². The fourth-order valence-electron chi connectivity index (χ4n) is 2.57. The Morgan fingerprint density at radius 3 is 2.64 bits per heavy atom. The van der Waals surface area contributed by atoms with Crippen LogP contribution < -0.4 is 5.32 Å². The van der Waals surface area contributed by atoms with E-state index in [2.05, 4.69) is 10.5 Å². The van der Waals surface area contributed by atoms with Crippen LogP contribution in [0.5, 0.6) is 0 Å². The number of carbonyl (C=O) groups excluding carboxylic acids is 1. The normalized spacial score (nSPS) is 18.2. The van der Waals surface area contributed by atoms with Gasteiger partial charge in [-0.05, 0) is 24.6 Å². The van der Waals surface area contributed by atoms with Crippen LogP contribution in [0.2, 0.25) is 0 Å². The van der Waals surface area contributed by atoms with E-state index in [9.17, 15) is 13.2 Å². The van der Waals surface area contributed by atoms with E-state index in [1.54, 1.807) is 42.2 Å². The molecule has 0 spiro atoms. The lowest BCUT2D eigenvalue weighted by Crippen LogP contribution is -2.44. The summed E-state index contributed by atoms with van der Waals surface area (Å²) in [6.07, 6.45) is 0.848. The average molecular weight is 365 g/mol. The molecule has 1 aliphatic heterocycles. The maximum absolute atomic E-state index is 12.3. The summed E-state index contributed by atoms with van der Waals surface area (Å²) in [5.41, 5.74) is 1.50. The molecule has 2 amide bonds. The molecule has 0 saturated carbocycles. The van der Waals surface area contributed by atoms with Crippen LogP contribution in [0, 0.1) is 6.92 Å².